The average molecular weight is 101 g/mol. The average Bonchev–Trinajstić information content (AvgIpc) is 1.60. The van der Waals surface area contributed by atoms with E-state index in [1.54, 1.807) is 0 Å². The van der Waals surface area contributed by atoms with Gasteiger partial charge in [0, 0.05) is 12.1 Å². The van der Waals surface area contributed by atoms with Gasteiger partial charge in [-0.3, -0.25) is 4.90 Å². The third-order valence-electron chi connectivity index (χ3n) is 2.26. The second kappa shape index (κ2) is 0.848. The molecule has 0 aromatic rings. The highest BCUT2D eigenvalue weighted by molar-refractivity contribution is 5.13. The second-order valence-electron chi connectivity index (χ2n) is 2.48. The van der Waals surface area contributed by atoms with Crippen LogP contribution >= 0.6 is 0 Å². The van der Waals surface area contributed by atoms with Gasteiger partial charge in [0.05, 0.1) is 0 Å². The van der Waals surface area contributed by atoms with Gasteiger partial charge in [0.2, 0.25) is 0 Å². The molecular weight excluding hydrogens is 93.1 g/mol. The fourth-order valence-electron chi connectivity index (χ4n) is 1.36. The normalized spacial score (nSPS) is 58.3. The molecule has 1 nitrogen and oxygen atoms in total. The minimum Gasteiger partial charge on any atom is -0.294 e. The van der Waals surface area contributed by atoms with Gasteiger partial charge in [-0.05, 0) is 13.5 Å². The van der Waals surface area contributed by atoms with Gasteiger partial charge in [-0.15, -0.1) is 0 Å². The smallest absolute Gasteiger partial charge is 0.131 e. The number of halogens is 1. The lowest BCUT2D eigenvalue weighted by molar-refractivity contribution is -0.165. The Bertz CT molecular complexity index is 84.3. The summed E-state index contributed by atoms with van der Waals surface area (Å²) in [5.74, 6) is 0. The van der Waals surface area contributed by atoms with Crippen molar-refractivity contribution in [3.05, 3.63) is 0 Å². The van der Waals surface area contributed by atoms with E-state index >= 15 is 0 Å². The van der Waals surface area contributed by atoms with Gasteiger partial charge in [-0.25, -0.2) is 4.39 Å². The largest absolute Gasteiger partial charge is 0.294 e. The number of rotatable bonds is 0. The number of hydrogen-bond acceptors (Lipinski definition) is 1. The molecule has 0 aromatic heterocycles. The first-order chi connectivity index (χ1) is 3.30. The molecule has 2 saturated heterocycles. The number of hydrogen-bond donors (Lipinski definition) is 0. The lowest BCUT2D eigenvalue weighted by atomic mass is 9.71. The predicted octanol–water partition coefficient (Wildman–Crippen LogP) is 0.411. The Morgan fingerprint density at radius 1 is 1.57 bits per heavy atom. The summed E-state index contributed by atoms with van der Waals surface area (Å²) < 4.78 is 12.2. The standard InChI is InChI=1S/C5H8FN/c1-7-3-2-4(7)5(3)6/h3-5H,2H2,1H3/t3-,4+,5?. The fourth-order valence-corrected chi connectivity index (χ4v) is 1.36. The molecule has 3 aliphatic rings. The third-order valence-corrected chi connectivity index (χ3v) is 2.26. The summed E-state index contributed by atoms with van der Waals surface area (Å²) in [7, 11) is 1.98. The van der Waals surface area contributed by atoms with Gasteiger partial charge in [0.25, 0.3) is 0 Å². The van der Waals surface area contributed by atoms with E-state index < -0.39 is 6.17 Å². The van der Waals surface area contributed by atoms with Crippen LogP contribution < -0.4 is 0 Å². The highest BCUT2D eigenvalue weighted by Gasteiger charge is 2.58. The SMILES string of the molecule is CN1[C@@H]2C[C@H]1C2F. The van der Waals surface area contributed by atoms with E-state index in [-0.39, 0.29) is 0 Å². The van der Waals surface area contributed by atoms with E-state index in [0.29, 0.717) is 12.1 Å². The molecule has 2 aliphatic heterocycles. The zero-order valence-corrected chi connectivity index (χ0v) is 4.26. The van der Waals surface area contributed by atoms with Crippen molar-refractivity contribution >= 4 is 0 Å². The highest BCUT2D eigenvalue weighted by atomic mass is 19.1. The van der Waals surface area contributed by atoms with Crippen molar-refractivity contribution in [2.45, 2.75) is 24.7 Å². The van der Waals surface area contributed by atoms with Crippen LogP contribution in [-0.4, -0.2) is 30.2 Å². The molecule has 2 bridgehead atoms. The van der Waals surface area contributed by atoms with Crippen LogP contribution in [-0.2, 0) is 0 Å². The Morgan fingerprint density at radius 2 is 2.14 bits per heavy atom. The van der Waals surface area contributed by atoms with E-state index in [1.165, 1.54) is 0 Å². The molecule has 40 valence electrons. The summed E-state index contributed by atoms with van der Waals surface area (Å²) in [4.78, 5) is 2.09. The van der Waals surface area contributed by atoms with E-state index in [9.17, 15) is 4.39 Å². The van der Waals surface area contributed by atoms with Gasteiger partial charge in [-0.2, -0.15) is 0 Å². The molecule has 1 unspecified atom stereocenters. The van der Waals surface area contributed by atoms with Crippen LogP contribution in [0.25, 0.3) is 0 Å². The molecule has 2 heterocycles. The summed E-state index contributed by atoms with van der Waals surface area (Å²) in [5.41, 5.74) is 0. The van der Waals surface area contributed by atoms with Crippen LogP contribution in [0, 0.1) is 0 Å². The molecule has 0 aromatic carbocycles. The van der Waals surface area contributed by atoms with E-state index in [0.717, 1.165) is 6.42 Å². The Morgan fingerprint density at radius 3 is 2.14 bits per heavy atom. The van der Waals surface area contributed by atoms with Gasteiger partial charge in [0.1, 0.15) is 6.17 Å². The zero-order valence-electron chi connectivity index (χ0n) is 4.26. The van der Waals surface area contributed by atoms with Gasteiger partial charge in [-0.1, -0.05) is 0 Å². The predicted molar refractivity (Wildman–Crippen MR) is 24.9 cm³/mol. The van der Waals surface area contributed by atoms with Crippen LogP contribution in [0.2, 0.25) is 0 Å². The van der Waals surface area contributed by atoms with Crippen molar-refractivity contribution in [1.82, 2.24) is 4.90 Å². The van der Waals surface area contributed by atoms with Gasteiger partial charge in [0.15, 0.2) is 0 Å². The Labute approximate surface area is 42.1 Å². The first-order valence-electron chi connectivity index (χ1n) is 2.66. The van der Waals surface area contributed by atoms with Crippen LogP contribution in [0.3, 0.4) is 0 Å². The van der Waals surface area contributed by atoms with Crippen molar-refractivity contribution in [1.29, 1.82) is 0 Å². The molecular formula is C5H8FN. The molecule has 1 saturated carbocycles. The quantitative estimate of drug-likeness (QED) is 0.427. The lowest BCUT2D eigenvalue weighted by Crippen LogP contribution is -2.76. The van der Waals surface area contributed by atoms with E-state index in [2.05, 4.69) is 4.90 Å². The van der Waals surface area contributed by atoms with Crippen molar-refractivity contribution in [2.75, 3.05) is 7.05 Å². The fraction of sp³-hybridized carbons (Fsp3) is 1.00. The Kier molecular flexibility index (Phi) is 0.465. The molecule has 1 aliphatic carbocycles. The topological polar surface area (TPSA) is 3.24 Å². The first kappa shape index (κ1) is 3.84. The van der Waals surface area contributed by atoms with Crippen molar-refractivity contribution in [3.8, 4) is 0 Å². The summed E-state index contributed by atoms with van der Waals surface area (Å²) in [6, 6.07) is 0.620. The Balaban J connectivity index is 2.07. The molecule has 7 heavy (non-hydrogen) atoms. The minimum absolute atomic E-state index is 0.310. The monoisotopic (exact) mass is 101 g/mol. The van der Waals surface area contributed by atoms with Crippen LogP contribution in [0.15, 0.2) is 0 Å². The number of alkyl halides is 1. The summed E-state index contributed by atoms with van der Waals surface area (Å²) in [5, 5.41) is 0. The van der Waals surface area contributed by atoms with Crippen LogP contribution in [0.1, 0.15) is 6.42 Å². The van der Waals surface area contributed by atoms with Gasteiger partial charge < -0.3 is 0 Å². The van der Waals surface area contributed by atoms with Crippen LogP contribution in [0.5, 0.6) is 0 Å². The van der Waals surface area contributed by atoms with Crippen molar-refractivity contribution < 1.29 is 4.39 Å². The highest BCUT2D eigenvalue weighted by Crippen LogP contribution is 2.44. The molecule has 0 radical (unpaired) electrons. The molecule has 0 amide bonds. The summed E-state index contributed by atoms with van der Waals surface area (Å²) >= 11 is 0. The minimum atomic E-state index is -0.468. The van der Waals surface area contributed by atoms with E-state index in [4.69, 9.17) is 0 Å². The lowest BCUT2D eigenvalue weighted by Gasteiger charge is -2.62. The second-order valence-corrected chi connectivity index (χ2v) is 2.48. The van der Waals surface area contributed by atoms with E-state index in [1.807, 2.05) is 7.05 Å². The molecule has 3 atom stereocenters. The molecule has 3 rings (SSSR count). The van der Waals surface area contributed by atoms with Crippen LogP contribution in [0.4, 0.5) is 4.39 Å². The third kappa shape index (κ3) is 0.225. The first-order valence-corrected chi connectivity index (χ1v) is 2.66. The summed E-state index contributed by atoms with van der Waals surface area (Å²) in [6.45, 7) is 0. The maximum atomic E-state index is 12.2. The molecule has 3 fully saturated rings. The molecule has 0 N–H and O–H groups in total. The maximum Gasteiger partial charge on any atom is 0.131 e. The summed E-state index contributed by atoms with van der Waals surface area (Å²) in [6.07, 6.45) is 0.641. The number of nitrogens with zero attached hydrogens (tertiary/aromatic N) is 1. The maximum absolute atomic E-state index is 12.2. The molecule has 0 spiro atoms. The van der Waals surface area contributed by atoms with Crippen molar-refractivity contribution in [2.24, 2.45) is 0 Å². The molecule has 2 heteroatoms. The van der Waals surface area contributed by atoms with Crippen molar-refractivity contribution in [3.63, 3.8) is 0 Å². The van der Waals surface area contributed by atoms with Gasteiger partial charge >= 0.3 is 0 Å². The Hall–Kier alpha value is -0.110. The zero-order chi connectivity index (χ0) is 5.02.